The predicted octanol–water partition coefficient (Wildman–Crippen LogP) is 1.27. The molecule has 5 heteroatoms. The molecule has 16 heavy (non-hydrogen) atoms. The summed E-state index contributed by atoms with van der Waals surface area (Å²) in [5.41, 5.74) is 0. The average molecular weight is 227 g/mol. The van der Waals surface area contributed by atoms with Crippen LogP contribution in [0.1, 0.15) is 39.0 Å². The Bertz CT molecular complexity index is 218. The summed E-state index contributed by atoms with van der Waals surface area (Å²) in [6.45, 7) is 2.33. The molecule has 0 aromatic carbocycles. The van der Waals surface area contributed by atoms with Crippen molar-refractivity contribution in [3.05, 3.63) is 0 Å². The number of carbonyl (C=O) groups excluding carboxylic acids is 3. The van der Waals surface area contributed by atoms with E-state index in [1.54, 1.807) is 12.6 Å². The number of hydrogen-bond acceptors (Lipinski definition) is 4. The van der Waals surface area contributed by atoms with Crippen molar-refractivity contribution >= 4 is 18.7 Å². The van der Waals surface area contributed by atoms with Gasteiger partial charge in [0.25, 0.3) is 0 Å². The Balaban J connectivity index is 3.69. The van der Waals surface area contributed by atoms with Crippen LogP contribution in [0.25, 0.3) is 0 Å². The normalized spacial score (nSPS) is 11.6. The van der Waals surface area contributed by atoms with E-state index < -0.39 is 12.1 Å². The minimum atomic E-state index is -0.706. The third-order valence-corrected chi connectivity index (χ3v) is 1.94. The van der Waals surface area contributed by atoms with Crippen molar-refractivity contribution < 1.29 is 19.1 Å². The molecule has 0 heterocycles. The molecule has 0 fully saturated rings. The molecule has 0 aromatic heterocycles. The van der Waals surface area contributed by atoms with Crippen LogP contribution in [0.4, 0.5) is 4.79 Å². The number of unbranched alkanes of at least 4 members (excludes halogenated alkanes) is 2. The minimum Gasteiger partial charge on any atom is -0.450 e. The fourth-order valence-electron chi connectivity index (χ4n) is 1.03. The molecule has 0 aromatic rings. The number of carbonyl (C=O) groups is 1. The highest BCUT2D eigenvalue weighted by Gasteiger charge is 2.12. The molecule has 0 rings (SSSR count). The van der Waals surface area contributed by atoms with Gasteiger partial charge in [-0.25, -0.2) is 4.79 Å². The van der Waals surface area contributed by atoms with Crippen LogP contribution in [0.3, 0.4) is 0 Å². The third kappa shape index (κ3) is 7.96. The van der Waals surface area contributed by atoms with Gasteiger partial charge < -0.3 is 10.1 Å². The molecule has 0 spiro atoms. The van der Waals surface area contributed by atoms with Gasteiger partial charge in [0.05, 0.1) is 12.6 Å². The zero-order valence-electron chi connectivity index (χ0n) is 9.45. The summed E-state index contributed by atoms with van der Waals surface area (Å²) in [6.07, 6.45) is 5.66. The molecular weight excluding hydrogens is 210 g/mol. The van der Waals surface area contributed by atoms with Crippen molar-refractivity contribution in [2.24, 2.45) is 0 Å². The topological polar surface area (TPSA) is 72.5 Å². The summed E-state index contributed by atoms with van der Waals surface area (Å²) in [5, 5.41) is 2.37. The first-order valence-electron chi connectivity index (χ1n) is 5.40. The van der Waals surface area contributed by atoms with Crippen LogP contribution in [0.15, 0.2) is 0 Å². The maximum atomic E-state index is 11.1. The smallest absolute Gasteiger partial charge is 0.407 e. The monoisotopic (exact) mass is 227 g/mol. The van der Waals surface area contributed by atoms with E-state index in [4.69, 9.17) is 4.74 Å². The Morgan fingerprint density at radius 2 is 2.12 bits per heavy atom. The Kier molecular flexibility index (Phi) is 9.26. The lowest BCUT2D eigenvalue weighted by Gasteiger charge is -2.11. The van der Waals surface area contributed by atoms with E-state index in [1.807, 2.05) is 6.92 Å². The van der Waals surface area contributed by atoms with E-state index in [-0.39, 0.29) is 6.42 Å². The van der Waals surface area contributed by atoms with Crippen LogP contribution >= 0.6 is 0 Å². The van der Waals surface area contributed by atoms with E-state index in [0.29, 0.717) is 19.4 Å². The maximum absolute atomic E-state index is 11.1. The van der Waals surface area contributed by atoms with Gasteiger partial charge in [0.15, 0.2) is 6.29 Å². The van der Waals surface area contributed by atoms with Gasteiger partial charge in [-0.1, -0.05) is 13.3 Å². The summed E-state index contributed by atoms with van der Waals surface area (Å²) in [5.74, 6) is 0. The van der Waals surface area contributed by atoms with Crippen molar-refractivity contribution in [2.45, 2.75) is 45.1 Å². The van der Waals surface area contributed by atoms with Crippen LogP contribution in [0.2, 0.25) is 0 Å². The summed E-state index contributed by atoms with van der Waals surface area (Å²) < 4.78 is 4.81. The lowest BCUT2D eigenvalue weighted by Crippen LogP contribution is -2.36. The fraction of sp³-hybridized carbons (Fsp3) is 0.727. The second-order valence-electron chi connectivity index (χ2n) is 3.34. The summed E-state index contributed by atoms with van der Waals surface area (Å²) >= 11 is 0. The van der Waals surface area contributed by atoms with Gasteiger partial charge in [0.1, 0.15) is 0 Å². The first-order chi connectivity index (χ1) is 7.74. The van der Waals surface area contributed by atoms with Gasteiger partial charge in [0, 0.05) is 6.42 Å². The quantitative estimate of drug-likeness (QED) is 0.602. The largest absolute Gasteiger partial charge is 0.450 e. The highest BCUT2D eigenvalue weighted by molar-refractivity contribution is 5.73. The van der Waals surface area contributed by atoms with Gasteiger partial charge in [-0.05, 0) is 19.3 Å². The molecule has 0 saturated carbocycles. The van der Waals surface area contributed by atoms with E-state index in [0.717, 1.165) is 12.8 Å². The zero-order chi connectivity index (χ0) is 12.2. The molecule has 5 nitrogen and oxygen atoms in total. The van der Waals surface area contributed by atoms with E-state index in [2.05, 4.69) is 5.32 Å². The summed E-state index contributed by atoms with van der Waals surface area (Å²) in [7, 11) is 0. The Labute approximate surface area is 95.5 Å². The minimum absolute atomic E-state index is 0.255. The second-order valence-corrected chi connectivity index (χ2v) is 3.34. The standard InChI is InChI=1S/C11H17NO4/c1-2-3-8-16-11(15)12-10(9-14)6-4-5-7-13/h10H,2-6,8H2,1H3,(H,12,15). The molecule has 0 aliphatic carbocycles. The molecule has 0 bridgehead atoms. The first-order valence-corrected chi connectivity index (χ1v) is 5.40. The van der Waals surface area contributed by atoms with Crippen LogP contribution in [-0.2, 0) is 14.3 Å². The molecule has 0 aliphatic rings. The number of hydrogen-bond donors (Lipinski definition) is 1. The summed E-state index contributed by atoms with van der Waals surface area (Å²) in [4.78, 5) is 31.5. The molecule has 2 radical (unpaired) electrons. The van der Waals surface area contributed by atoms with E-state index >= 15 is 0 Å². The van der Waals surface area contributed by atoms with Crippen LogP contribution < -0.4 is 5.32 Å². The Morgan fingerprint density at radius 3 is 2.69 bits per heavy atom. The molecule has 1 N–H and O–H groups in total. The fourth-order valence-corrected chi connectivity index (χ4v) is 1.03. The van der Waals surface area contributed by atoms with Crippen molar-refractivity contribution in [1.29, 1.82) is 0 Å². The summed E-state index contributed by atoms with van der Waals surface area (Å²) in [6, 6.07) is -0.706. The van der Waals surface area contributed by atoms with Crippen molar-refractivity contribution in [1.82, 2.24) is 5.32 Å². The van der Waals surface area contributed by atoms with Crippen LogP contribution in [0, 0.1) is 0 Å². The Hall–Kier alpha value is -1.39. The third-order valence-electron chi connectivity index (χ3n) is 1.94. The highest BCUT2D eigenvalue weighted by atomic mass is 16.5. The molecule has 1 amide bonds. The molecule has 0 saturated heterocycles. The number of ether oxygens (including phenoxy) is 1. The van der Waals surface area contributed by atoms with Crippen LogP contribution in [-0.4, -0.2) is 31.3 Å². The average Bonchev–Trinajstić information content (AvgIpc) is 2.28. The molecule has 0 aliphatic heterocycles. The van der Waals surface area contributed by atoms with Gasteiger partial charge >= 0.3 is 6.09 Å². The number of amides is 1. The number of rotatable bonds is 9. The van der Waals surface area contributed by atoms with Crippen molar-refractivity contribution in [3.8, 4) is 0 Å². The van der Waals surface area contributed by atoms with Gasteiger partial charge in [-0.2, -0.15) is 0 Å². The second kappa shape index (κ2) is 10.1. The Morgan fingerprint density at radius 1 is 1.38 bits per heavy atom. The van der Waals surface area contributed by atoms with Crippen molar-refractivity contribution in [2.75, 3.05) is 6.61 Å². The van der Waals surface area contributed by atoms with Gasteiger partial charge in [-0.15, -0.1) is 0 Å². The van der Waals surface area contributed by atoms with E-state index in [9.17, 15) is 14.4 Å². The van der Waals surface area contributed by atoms with Crippen LogP contribution in [0.5, 0.6) is 0 Å². The molecular formula is C11H17NO4. The molecule has 1 atom stereocenters. The first kappa shape index (κ1) is 14.6. The van der Waals surface area contributed by atoms with Crippen molar-refractivity contribution in [3.63, 3.8) is 0 Å². The lowest BCUT2D eigenvalue weighted by molar-refractivity contribution is 0.142. The molecule has 90 valence electrons. The van der Waals surface area contributed by atoms with E-state index in [1.165, 1.54) is 0 Å². The van der Waals surface area contributed by atoms with Gasteiger partial charge in [0.2, 0.25) is 6.29 Å². The SMILES string of the molecule is CCCCOC(=O)NC([C]=O)CCC[C]=O. The zero-order valence-corrected chi connectivity index (χ0v) is 9.45. The highest BCUT2D eigenvalue weighted by Crippen LogP contribution is 1.98. The lowest BCUT2D eigenvalue weighted by atomic mass is 10.1. The molecule has 1 unspecified atom stereocenters. The predicted molar refractivity (Wildman–Crippen MR) is 58.4 cm³/mol. The van der Waals surface area contributed by atoms with Gasteiger partial charge in [-0.3, -0.25) is 9.59 Å². The number of nitrogens with one attached hydrogen (secondary N) is 1. The number of alkyl carbamates (subject to hydrolysis) is 1. The maximum Gasteiger partial charge on any atom is 0.407 e.